The zero-order valence-electron chi connectivity index (χ0n) is 12.6. The van der Waals surface area contributed by atoms with Crippen LogP contribution in [0, 0.1) is 0 Å². The fourth-order valence-electron chi connectivity index (χ4n) is 2.79. The molecule has 1 rings (SSSR count). The van der Waals surface area contributed by atoms with Gasteiger partial charge in [0, 0.05) is 19.1 Å². The highest BCUT2D eigenvalue weighted by molar-refractivity contribution is 7.98. The number of likely N-dealkylation sites (tertiary alicyclic amines) is 1. The van der Waals surface area contributed by atoms with E-state index < -0.39 is 0 Å². The van der Waals surface area contributed by atoms with Gasteiger partial charge < -0.3 is 15.5 Å². The van der Waals surface area contributed by atoms with Gasteiger partial charge in [-0.3, -0.25) is 4.79 Å². The normalized spacial score (nSPS) is 18.9. The smallest absolute Gasteiger partial charge is 0.239 e. The second-order valence-corrected chi connectivity index (χ2v) is 6.15. The Morgan fingerprint density at radius 2 is 1.95 bits per heavy atom. The first kappa shape index (κ1) is 16.8. The van der Waals surface area contributed by atoms with Crippen molar-refractivity contribution in [2.45, 2.75) is 45.2 Å². The minimum Gasteiger partial charge on any atom is -0.341 e. The molecule has 1 amide bonds. The molecule has 112 valence electrons. The lowest BCUT2D eigenvalue weighted by Gasteiger charge is -2.38. The van der Waals surface area contributed by atoms with E-state index in [-0.39, 0.29) is 11.9 Å². The maximum absolute atomic E-state index is 12.2. The molecular formula is C14H29N3OS. The van der Waals surface area contributed by atoms with E-state index in [2.05, 4.69) is 18.7 Å². The Morgan fingerprint density at radius 3 is 2.42 bits per heavy atom. The highest BCUT2D eigenvalue weighted by Crippen LogP contribution is 2.17. The summed E-state index contributed by atoms with van der Waals surface area (Å²) in [5.41, 5.74) is 5.97. The number of piperidine rings is 1. The fraction of sp³-hybridized carbons (Fsp3) is 0.929. The minimum absolute atomic E-state index is 0.145. The third-order valence-corrected chi connectivity index (χ3v) is 4.70. The van der Waals surface area contributed by atoms with Crippen molar-refractivity contribution in [2.75, 3.05) is 38.2 Å². The van der Waals surface area contributed by atoms with E-state index in [0.717, 1.165) is 51.2 Å². The van der Waals surface area contributed by atoms with Gasteiger partial charge in [0.15, 0.2) is 0 Å². The lowest BCUT2D eigenvalue weighted by molar-refractivity contribution is -0.134. The van der Waals surface area contributed by atoms with Crippen molar-refractivity contribution < 1.29 is 4.79 Å². The number of rotatable bonds is 7. The van der Waals surface area contributed by atoms with Gasteiger partial charge in [-0.05, 0) is 44.4 Å². The zero-order chi connectivity index (χ0) is 14.3. The molecule has 0 aromatic carbocycles. The number of hydrogen-bond acceptors (Lipinski definition) is 4. The summed E-state index contributed by atoms with van der Waals surface area (Å²) >= 11 is 1.75. The second kappa shape index (κ2) is 8.82. The maximum Gasteiger partial charge on any atom is 0.239 e. The molecule has 0 bridgehead atoms. The van der Waals surface area contributed by atoms with Gasteiger partial charge >= 0.3 is 0 Å². The molecule has 0 aromatic heterocycles. The van der Waals surface area contributed by atoms with Crippen molar-refractivity contribution in [3.05, 3.63) is 0 Å². The molecule has 1 aliphatic rings. The molecule has 0 unspecified atom stereocenters. The highest BCUT2D eigenvalue weighted by atomic mass is 32.2. The average Bonchev–Trinajstić information content (AvgIpc) is 2.46. The Kier molecular flexibility index (Phi) is 7.80. The van der Waals surface area contributed by atoms with Crippen molar-refractivity contribution in [3.8, 4) is 0 Å². The largest absolute Gasteiger partial charge is 0.341 e. The molecule has 0 aromatic rings. The van der Waals surface area contributed by atoms with E-state index in [1.165, 1.54) is 0 Å². The van der Waals surface area contributed by atoms with Crippen LogP contribution in [0.1, 0.15) is 33.1 Å². The summed E-state index contributed by atoms with van der Waals surface area (Å²) in [5, 5.41) is 0. The number of amides is 1. The van der Waals surface area contributed by atoms with Crippen molar-refractivity contribution in [3.63, 3.8) is 0 Å². The quantitative estimate of drug-likeness (QED) is 0.769. The van der Waals surface area contributed by atoms with E-state index in [1.54, 1.807) is 11.8 Å². The minimum atomic E-state index is -0.308. The van der Waals surface area contributed by atoms with Crippen molar-refractivity contribution in [2.24, 2.45) is 5.73 Å². The number of thioether (sulfide) groups is 1. The number of carbonyl (C=O) groups excluding carboxylic acids is 1. The number of carbonyl (C=O) groups is 1. The maximum atomic E-state index is 12.2. The highest BCUT2D eigenvalue weighted by Gasteiger charge is 2.27. The third kappa shape index (κ3) is 4.97. The van der Waals surface area contributed by atoms with Gasteiger partial charge in [0.05, 0.1) is 6.04 Å². The van der Waals surface area contributed by atoms with E-state index in [0.29, 0.717) is 6.04 Å². The number of nitrogens with zero attached hydrogens (tertiary/aromatic N) is 2. The molecule has 5 heteroatoms. The van der Waals surface area contributed by atoms with Crippen LogP contribution in [0.4, 0.5) is 0 Å². The Balaban J connectivity index is 2.38. The second-order valence-electron chi connectivity index (χ2n) is 5.17. The molecule has 1 heterocycles. The van der Waals surface area contributed by atoms with Crippen LogP contribution >= 0.6 is 11.8 Å². The van der Waals surface area contributed by atoms with Gasteiger partial charge in [0.2, 0.25) is 5.91 Å². The summed E-state index contributed by atoms with van der Waals surface area (Å²) in [4.78, 5) is 16.7. The number of hydrogen-bond donors (Lipinski definition) is 1. The van der Waals surface area contributed by atoms with Gasteiger partial charge in [0.1, 0.15) is 0 Å². The van der Waals surface area contributed by atoms with E-state index >= 15 is 0 Å². The lowest BCUT2D eigenvalue weighted by atomic mass is 10.0. The van der Waals surface area contributed by atoms with E-state index in [4.69, 9.17) is 5.73 Å². The van der Waals surface area contributed by atoms with Crippen LogP contribution < -0.4 is 5.73 Å². The first-order chi connectivity index (χ1) is 9.13. The Labute approximate surface area is 122 Å². The molecule has 1 saturated heterocycles. The average molecular weight is 287 g/mol. The molecule has 1 fully saturated rings. The van der Waals surface area contributed by atoms with Gasteiger partial charge in [0.25, 0.3) is 0 Å². The predicted molar refractivity (Wildman–Crippen MR) is 83.5 cm³/mol. The van der Waals surface area contributed by atoms with Crippen LogP contribution in [0.25, 0.3) is 0 Å². The zero-order valence-corrected chi connectivity index (χ0v) is 13.4. The van der Waals surface area contributed by atoms with E-state index in [1.807, 2.05) is 11.2 Å². The first-order valence-electron chi connectivity index (χ1n) is 7.41. The molecule has 0 spiro atoms. The standard InChI is InChI=1S/C14H29N3OS/c1-4-16(5-2)12-6-9-17(10-7-12)14(18)13(15)8-11-19-3/h12-13H,4-11,15H2,1-3H3/t13-/m1/s1. The Morgan fingerprint density at radius 1 is 1.37 bits per heavy atom. The van der Waals surface area contributed by atoms with Crippen molar-refractivity contribution >= 4 is 17.7 Å². The topological polar surface area (TPSA) is 49.6 Å². The Bertz CT molecular complexity index is 263. The SMILES string of the molecule is CCN(CC)C1CCN(C(=O)[C@H](N)CCSC)CC1. The van der Waals surface area contributed by atoms with Gasteiger partial charge in [-0.15, -0.1) is 0 Å². The lowest BCUT2D eigenvalue weighted by Crippen LogP contribution is -2.51. The van der Waals surface area contributed by atoms with Crippen LogP contribution in [-0.2, 0) is 4.79 Å². The molecule has 2 N–H and O–H groups in total. The number of nitrogens with two attached hydrogens (primary N) is 1. The van der Waals surface area contributed by atoms with Crippen LogP contribution in [0.3, 0.4) is 0 Å². The fourth-order valence-corrected chi connectivity index (χ4v) is 3.28. The molecule has 1 atom stereocenters. The molecular weight excluding hydrogens is 258 g/mol. The summed E-state index contributed by atoms with van der Waals surface area (Å²) in [6, 6.07) is 0.332. The summed E-state index contributed by atoms with van der Waals surface area (Å²) in [6.07, 6.45) is 5.01. The van der Waals surface area contributed by atoms with Crippen LogP contribution in [0.2, 0.25) is 0 Å². The first-order valence-corrected chi connectivity index (χ1v) is 8.80. The molecule has 0 aliphatic carbocycles. The molecule has 0 radical (unpaired) electrons. The van der Waals surface area contributed by atoms with Gasteiger partial charge in [-0.2, -0.15) is 11.8 Å². The van der Waals surface area contributed by atoms with Gasteiger partial charge in [-0.1, -0.05) is 13.8 Å². The molecule has 19 heavy (non-hydrogen) atoms. The summed E-state index contributed by atoms with van der Waals surface area (Å²) < 4.78 is 0. The summed E-state index contributed by atoms with van der Waals surface area (Å²) in [6.45, 7) is 8.35. The van der Waals surface area contributed by atoms with Crippen LogP contribution in [0.5, 0.6) is 0 Å². The van der Waals surface area contributed by atoms with E-state index in [9.17, 15) is 4.79 Å². The predicted octanol–water partition coefficient (Wildman–Crippen LogP) is 1.40. The van der Waals surface area contributed by atoms with Crippen molar-refractivity contribution in [1.29, 1.82) is 0 Å². The Hall–Kier alpha value is -0.260. The van der Waals surface area contributed by atoms with Crippen LogP contribution in [0.15, 0.2) is 0 Å². The molecule has 1 aliphatic heterocycles. The summed E-state index contributed by atoms with van der Waals surface area (Å²) in [7, 11) is 0. The van der Waals surface area contributed by atoms with Gasteiger partial charge in [-0.25, -0.2) is 0 Å². The molecule has 4 nitrogen and oxygen atoms in total. The summed E-state index contributed by atoms with van der Waals surface area (Å²) in [5.74, 6) is 1.11. The monoisotopic (exact) mass is 287 g/mol. The van der Waals surface area contributed by atoms with Crippen LogP contribution in [-0.4, -0.2) is 66.0 Å². The molecule has 0 saturated carbocycles. The van der Waals surface area contributed by atoms with Crippen molar-refractivity contribution in [1.82, 2.24) is 9.80 Å². The third-order valence-electron chi connectivity index (χ3n) is 4.06.